The Morgan fingerprint density at radius 3 is 2.61 bits per heavy atom. The number of H-pyrrole nitrogens is 2. The molecule has 0 atom stereocenters. The number of hydrogen-bond donors (Lipinski definition) is 2. The second-order valence-corrected chi connectivity index (χ2v) is 11.4. The molecule has 2 fully saturated rings. The highest BCUT2D eigenvalue weighted by Gasteiger charge is 2.18. The Morgan fingerprint density at radius 2 is 1.88 bits per heavy atom. The molecule has 2 N–H and O–H groups in total. The Bertz CT molecular complexity index is 1550. The molecule has 5 rings (SSSR count). The summed E-state index contributed by atoms with van der Waals surface area (Å²) in [7, 11) is 2.18. The highest BCUT2D eigenvalue weighted by atomic mass is 15.3. The molecule has 7 nitrogen and oxygen atoms in total. The molecule has 0 bridgehead atoms. The van der Waals surface area contributed by atoms with Gasteiger partial charge in [-0.25, -0.2) is 0 Å². The minimum atomic E-state index is 0.834. The van der Waals surface area contributed by atoms with Crippen molar-refractivity contribution in [1.82, 2.24) is 30.0 Å². The minimum Gasteiger partial charge on any atom is -0.367 e. The molecule has 0 radical (unpaired) electrons. The number of nitrogens with one attached hydrogen (secondary N) is 2. The topological polar surface area (TPSA) is 67.1 Å². The smallest absolute Gasteiger partial charge is 0.116 e. The molecule has 41 heavy (non-hydrogen) atoms. The van der Waals surface area contributed by atoms with Crippen molar-refractivity contribution < 1.29 is 0 Å². The van der Waals surface area contributed by atoms with Gasteiger partial charge in [0.15, 0.2) is 0 Å². The zero-order chi connectivity index (χ0) is 28.8. The lowest BCUT2D eigenvalue weighted by Gasteiger charge is -2.34. The van der Waals surface area contributed by atoms with Gasteiger partial charge in [-0.1, -0.05) is 37.5 Å². The van der Waals surface area contributed by atoms with Crippen LogP contribution in [0.15, 0.2) is 66.1 Å². The lowest BCUT2D eigenvalue weighted by Crippen LogP contribution is -2.44. The summed E-state index contributed by atoms with van der Waals surface area (Å²) in [6.07, 6.45) is 19.5. The number of hydrogen-bond acceptors (Lipinski definition) is 5. The van der Waals surface area contributed by atoms with Gasteiger partial charge in [-0.05, 0) is 95.1 Å². The van der Waals surface area contributed by atoms with E-state index in [-0.39, 0.29) is 0 Å². The van der Waals surface area contributed by atoms with Crippen LogP contribution in [0.1, 0.15) is 39.5 Å². The van der Waals surface area contributed by atoms with Crippen LogP contribution in [-0.4, -0.2) is 82.8 Å². The predicted octanol–water partition coefficient (Wildman–Crippen LogP) is 4.78. The van der Waals surface area contributed by atoms with Crippen LogP contribution in [-0.2, 0) is 0 Å². The van der Waals surface area contributed by atoms with E-state index in [0.717, 1.165) is 60.1 Å². The molecule has 0 saturated carbocycles. The van der Waals surface area contributed by atoms with Crippen molar-refractivity contribution in [3.8, 4) is 11.4 Å². The average molecular weight is 552 g/mol. The third-order valence-corrected chi connectivity index (χ3v) is 8.53. The first kappa shape index (κ1) is 28.8. The average Bonchev–Trinajstić information content (AvgIpc) is 3.74. The maximum absolute atomic E-state index is 4.64. The van der Waals surface area contributed by atoms with Crippen molar-refractivity contribution in [3.63, 3.8) is 0 Å². The third-order valence-electron chi connectivity index (χ3n) is 8.53. The number of aromatic nitrogens is 4. The fourth-order valence-corrected chi connectivity index (χ4v) is 5.88. The molecule has 3 aromatic heterocycles. The molecule has 2 aliphatic heterocycles. The summed E-state index contributed by atoms with van der Waals surface area (Å²) >= 11 is 0. The highest BCUT2D eigenvalue weighted by molar-refractivity contribution is 5.95. The maximum Gasteiger partial charge on any atom is 0.116 e. The van der Waals surface area contributed by atoms with E-state index in [9.17, 15) is 0 Å². The van der Waals surface area contributed by atoms with Crippen molar-refractivity contribution >= 4 is 29.2 Å². The van der Waals surface area contributed by atoms with Crippen LogP contribution < -0.4 is 15.5 Å². The van der Waals surface area contributed by atoms with E-state index in [0.29, 0.717) is 0 Å². The predicted molar refractivity (Wildman–Crippen MR) is 173 cm³/mol. The number of pyridine rings is 1. The van der Waals surface area contributed by atoms with Gasteiger partial charge in [-0.2, -0.15) is 5.10 Å². The minimum absolute atomic E-state index is 0.834. The SMILES string of the molecule is C=C\C(=C/C(=C\C)C(/C)=C/C=c1/[nH]nc(-c2cc3c(N4CCN(C)CC4)cncc3[nH]2)c1=C)CCCN1CCCC1. The van der Waals surface area contributed by atoms with Crippen molar-refractivity contribution in [3.05, 3.63) is 76.6 Å². The van der Waals surface area contributed by atoms with E-state index in [4.69, 9.17) is 0 Å². The molecular formula is C34H45N7. The molecule has 2 aliphatic rings. The summed E-state index contributed by atoms with van der Waals surface area (Å²) in [4.78, 5) is 15.4. The van der Waals surface area contributed by atoms with Crippen LogP contribution in [0.25, 0.3) is 34.9 Å². The Kier molecular flexibility index (Phi) is 9.37. The molecule has 0 aromatic carbocycles. The van der Waals surface area contributed by atoms with Gasteiger partial charge in [0.05, 0.1) is 34.6 Å². The standard InChI is InChI=1S/C34H45N7/c1-6-27(11-10-16-40-14-8-9-15-40)21-28(7-2)25(3)12-13-30-26(4)34(38-37-30)31-22-29-32(36-31)23-35-24-33(29)41-19-17-39(5)18-20-41/h6-7,12-13,21-24,36-37H,1,4,8-11,14-20H2,2-3,5H3/b25-12+,27-21+,28-7+,30-13+. The summed E-state index contributed by atoms with van der Waals surface area (Å²) in [5.41, 5.74) is 7.66. The Hall–Kier alpha value is -3.68. The second kappa shape index (κ2) is 13.3. The zero-order valence-electron chi connectivity index (χ0n) is 25.0. The van der Waals surface area contributed by atoms with Gasteiger partial charge in [0.25, 0.3) is 0 Å². The molecule has 3 aromatic rings. The van der Waals surface area contributed by atoms with Crippen molar-refractivity contribution in [2.24, 2.45) is 0 Å². The van der Waals surface area contributed by atoms with E-state index in [1.165, 1.54) is 66.7 Å². The largest absolute Gasteiger partial charge is 0.367 e. The van der Waals surface area contributed by atoms with E-state index < -0.39 is 0 Å². The van der Waals surface area contributed by atoms with Gasteiger partial charge in [-0.15, -0.1) is 0 Å². The van der Waals surface area contributed by atoms with Gasteiger partial charge in [0.2, 0.25) is 0 Å². The van der Waals surface area contributed by atoms with Gasteiger partial charge in [0.1, 0.15) is 5.69 Å². The first-order valence-electron chi connectivity index (χ1n) is 15.0. The lowest BCUT2D eigenvalue weighted by molar-refractivity contribution is 0.313. The summed E-state index contributed by atoms with van der Waals surface area (Å²) in [5, 5.41) is 10.8. The van der Waals surface area contributed by atoms with E-state index in [1.54, 1.807) is 0 Å². The van der Waals surface area contributed by atoms with Gasteiger partial charge < -0.3 is 19.7 Å². The first-order valence-corrected chi connectivity index (χ1v) is 15.0. The first-order chi connectivity index (χ1) is 20.0. The Morgan fingerprint density at radius 1 is 1.10 bits per heavy atom. The van der Waals surface area contributed by atoms with Crippen LogP contribution in [0.5, 0.6) is 0 Å². The van der Waals surface area contributed by atoms with E-state index in [1.807, 2.05) is 18.5 Å². The lowest BCUT2D eigenvalue weighted by atomic mass is 10.0. The maximum atomic E-state index is 4.64. The highest BCUT2D eigenvalue weighted by Crippen LogP contribution is 2.29. The zero-order valence-corrected chi connectivity index (χ0v) is 25.0. The summed E-state index contributed by atoms with van der Waals surface area (Å²) in [6, 6.07) is 2.18. The van der Waals surface area contributed by atoms with Gasteiger partial charge in [0, 0.05) is 36.8 Å². The molecule has 2 saturated heterocycles. The fraction of sp³-hybridized carbons (Fsp3) is 0.412. The summed E-state index contributed by atoms with van der Waals surface area (Å²) < 4.78 is 0. The molecule has 0 aliphatic carbocycles. The van der Waals surface area contributed by atoms with Crippen molar-refractivity contribution in [1.29, 1.82) is 0 Å². The molecule has 7 heteroatoms. The molecular weight excluding hydrogens is 506 g/mol. The fourth-order valence-electron chi connectivity index (χ4n) is 5.88. The van der Waals surface area contributed by atoms with Crippen LogP contribution in [0, 0.1) is 0 Å². The second-order valence-electron chi connectivity index (χ2n) is 11.4. The third kappa shape index (κ3) is 6.80. The number of fused-ring (bicyclic) bond motifs is 1. The van der Waals surface area contributed by atoms with Crippen molar-refractivity contribution in [2.45, 2.75) is 39.5 Å². The normalized spacial score (nSPS) is 18.7. The number of piperazine rings is 1. The van der Waals surface area contributed by atoms with Gasteiger partial charge >= 0.3 is 0 Å². The number of anilines is 1. The Labute approximate surface area is 244 Å². The van der Waals surface area contributed by atoms with Crippen LogP contribution in [0.3, 0.4) is 0 Å². The van der Waals surface area contributed by atoms with Gasteiger partial charge in [-0.3, -0.25) is 10.1 Å². The summed E-state index contributed by atoms with van der Waals surface area (Å²) in [5.74, 6) is 0. The van der Waals surface area contributed by atoms with Crippen LogP contribution >= 0.6 is 0 Å². The van der Waals surface area contributed by atoms with E-state index in [2.05, 4.69) is 99.3 Å². The van der Waals surface area contributed by atoms with Crippen molar-refractivity contribution in [2.75, 3.05) is 57.8 Å². The van der Waals surface area contributed by atoms with Crippen LogP contribution in [0.2, 0.25) is 0 Å². The number of allylic oxidation sites excluding steroid dienone is 7. The quantitative estimate of drug-likeness (QED) is 0.355. The summed E-state index contributed by atoms with van der Waals surface area (Å²) in [6.45, 7) is 20.5. The Balaban J connectivity index is 1.33. The molecule has 0 amide bonds. The van der Waals surface area contributed by atoms with Crippen LogP contribution in [0.4, 0.5) is 5.69 Å². The molecule has 216 valence electrons. The van der Waals surface area contributed by atoms with E-state index >= 15 is 0 Å². The number of nitrogens with zero attached hydrogens (tertiary/aromatic N) is 5. The number of likely N-dealkylation sites (N-methyl/N-ethyl adjacent to an activating group) is 1. The number of rotatable bonds is 10. The molecule has 0 spiro atoms. The number of aromatic amines is 2. The molecule has 0 unspecified atom stereocenters. The number of likely N-dealkylation sites (tertiary alicyclic amines) is 1. The monoisotopic (exact) mass is 551 g/mol. The molecule has 5 heterocycles.